The lowest BCUT2D eigenvalue weighted by Gasteiger charge is -2.29. The number of hydrogen-bond acceptors (Lipinski definition) is 3. The zero-order valence-electron chi connectivity index (χ0n) is 12.4. The summed E-state index contributed by atoms with van der Waals surface area (Å²) in [5.74, 6) is 1.44. The summed E-state index contributed by atoms with van der Waals surface area (Å²) in [5.41, 5.74) is 0.643. The van der Waals surface area contributed by atoms with E-state index in [2.05, 4.69) is 15.2 Å². The Hall–Kier alpha value is -1.29. The Morgan fingerprint density at radius 1 is 1.29 bits per heavy atom. The van der Waals surface area contributed by atoms with Crippen LogP contribution in [0.3, 0.4) is 0 Å². The number of carbonyl (C=O) groups is 1. The van der Waals surface area contributed by atoms with E-state index in [1.807, 2.05) is 0 Å². The highest BCUT2D eigenvalue weighted by Crippen LogP contribution is 2.36. The molecule has 1 amide bonds. The third-order valence-electron chi connectivity index (χ3n) is 4.80. The van der Waals surface area contributed by atoms with E-state index in [-0.39, 0.29) is 5.91 Å². The molecule has 2 fully saturated rings. The lowest BCUT2D eigenvalue weighted by atomic mass is 9.95. The van der Waals surface area contributed by atoms with E-state index in [0.717, 1.165) is 19.4 Å². The van der Waals surface area contributed by atoms with Crippen LogP contribution in [-0.4, -0.2) is 35.4 Å². The van der Waals surface area contributed by atoms with E-state index < -0.39 is 0 Å². The molecule has 114 valence electrons. The Bertz CT molecular complexity index is 528. The van der Waals surface area contributed by atoms with Gasteiger partial charge in [-0.05, 0) is 43.7 Å². The zero-order valence-corrected chi connectivity index (χ0v) is 13.2. The molecule has 1 aromatic heterocycles. The smallest absolute Gasteiger partial charge is 0.254 e. The molecule has 21 heavy (non-hydrogen) atoms. The summed E-state index contributed by atoms with van der Waals surface area (Å²) in [5, 5.41) is 3.32. The quantitative estimate of drug-likeness (QED) is 0.868. The molecule has 1 saturated carbocycles. The molecule has 0 aromatic carbocycles. The van der Waals surface area contributed by atoms with E-state index in [4.69, 9.17) is 11.6 Å². The number of aromatic nitrogens is 1. The fourth-order valence-electron chi connectivity index (χ4n) is 3.79. The van der Waals surface area contributed by atoms with Gasteiger partial charge >= 0.3 is 0 Å². The van der Waals surface area contributed by atoms with Gasteiger partial charge in [0.1, 0.15) is 11.0 Å². The SMILES string of the molecule is CNc1cc(C(=O)N2CCC[C@H]2C2CCCC2)cc(Cl)n1. The molecule has 5 heteroatoms. The molecule has 1 atom stereocenters. The summed E-state index contributed by atoms with van der Waals surface area (Å²) in [6.45, 7) is 0.870. The summed E-state index contributed by atoms with van der Waals surface area (Å²) in [6.07, 6.45) is 7.43. The first-order valence-corrected chi connectivity index (χ1v) is 8.23. The second-order valence-corrected chi connectivity index (χ2v) is 6.45. The molecule has 1 saturated heterocycles. The first-order valence-electron chi connectivity index (χ1n) is 7.85. The van der Waals surface area contributed by atoms with E-state index in [1.165, 1.54) is 25.7 Å². The van der Waals surface area contributed by atoms with Gasteiger partial charge in [-0.1, -0.05) is 24.4 Å². The number of rotatable bonds is 3. The third-order valence-corrected chi connectivity index (χ3v) is 4.99. The number of pyridine rings is 1. The van der Waals surface area contributed by atoms with Gasteiger partial charge in [-0.15, -0.1) is 0 Å². The molecule has 2 aliphatic rings. The summed E-state index contributed by atoms with van der Waals surface area (Å²) in [6, 6.07) is 3.89. The Balaban J connectivity index is 1.81. The number of carbonyl (C=O) groups excluding carboxylic acids is 1. The van der Waals surface area contributed by atoms with Gasteiger partial charge in [0.2, 0.25) is 0 Å². The van der Waals surface area contributed by atoms with Crippen LogP contribution in [0.1, 0.15) is 48.9 Å². The van der Waals surface area contributed by atoms with Crippen molar-refractivity contribution in [2.75, 3.05) is 18.9 Å². The average molecular weight is 308 g/mol. The van der Waals surface area contributed by atoms with Crippen LogP contribution in [0, 0.1) is 5.92 Å². The van der Waals surface area contributed by atoms with Gasteiger partial charge in [0.25, 0.3) is 5.91 Å². The standard InChI is InChI=1S/C16H22ClN3O/c1-18-15-10-12(9-14(17)19-15)16(21)20-8-4-7-13(20)11-5-2-3-6-11/h9-11,13H,2-8H2,1H3,(H,18,19)/t13-/m0/s1. The molecule has 0 radical (unpaired) electrons. The van der Waals surface area contributed by atoms with E-state index >= 15 is 0 Å². The zero-order chi connectivity index (χ0) is 14.8. The predicted octanol–water partition coefficient (Wildman–Crippen LogP) is 3.57. The number of nitrogens with one attached hydrogen (secondary N) is 1. The van der Waals surface area contributed by atoms with E-state index in [0.29, 0.717) is 28.5 Å². The van der Waals surface area contributed by atoms with Crippen molar-refractivity contribution < 1.29 is 4.79 Å². The van der Waals surface area contributed by atoms with Gasteiger partial charge in [0.05, 0.1) is 0 Å². The topological polar surface area (TPSA) is 45.2 Å². The molecule has 0 unspecified atom stereocenters. The van der Waals surface area contributed by atoms with Crippen LogP contribution >= 0.6 is 11.6 Å². The number of amides is 1. The van der Waals surface area contributed by atoms with Crippen LogP contribution in [0.15, 0.2) is 12.1 Å². The summed E-state index contributed by atoms with van der Waals surface area (Å²) >= 11 is 6.02. The molecule has 1 aromatic rings. The second-order valence-electron chi connectivity index (χ2n) is 6.07. The van der Waals surface area contributed by atoms with Crippen molar-refractivity contribution in [2.24, 2.45) is 5.92 Å². The largest absolute Gasteiger partial charge is 0.373 e. The Labute approximate surface area is 130 Å². The van der Waals surface area contributed by atoms with Crippen molar-refractivity contribution in [1.29, 1.82) is 0 Å². The van der Waals surface area contributed by atoms with Crippen LogP contribution < -0.4 is 5.32 Å². The fourth-order valence-corrected chi connectivity index (χ4v) is 4.00. The lowest BCUT2D eigenvalue weighted by molar-refractivity contribution is 0.0689. The number of halogens is 1. The number of likely N-dealkylation sites (tertiary alicyclic amines) is 1. The number of nitrogens with zero attached hydrogens (tertiary/aromatic N) is 2. The molecule has 1 aliphatic heterocycles. The van der Waals surface area contributed by atoms with Gasteiger partial charge in [0, 0.05) is 25.2 Å². The summed E-state index contributed by atoms with van der Waals surface area (Å²) < 4.78 is 0. The minimum atomic E-state index is 0.102. The third kappa shape index (κ3) is 3.00. The van der Waals surface area contributed by atoms with Crippen LogP contribution in [0.2, 0.25) is 5.15 Å². The molecule has 0 bridgehead atoms. The lowest BCUT2D eigenvalue weighted by Crippen LogP contribution is -2.39. The van der Waals surface area contributed by atoms with Crippen molar-refractivity contribution in [1.82, 2.24) is 9.88 Å². The summed E-state index contributed by atoms with van der Waals surface area (Å²) in [7, 11) is 1.78. The van der Waals surface area contributed by atoms with Crippen molar-refractivity contribution in [2.45, 2.75) is 44.6 Å². The van der Waals surface area contributed by atoms with Crippen LogP contribution in [-0.2, 0) is 0 Å². The molecular weight excluding hydrogens is 286 g/mol. The molecular formula is C16H22ClN3O. The van der Waals surface area contributed by atoms with Crippen molar-refractivity contribution in [3.63, 3.8) is 0 Å². The average Bonchev–Trinajstić information content (AvgIpc) is 3.16. The first kappa shape index (κ1) is 14.6. The monoisotopic (exact) mass is 307 g/mol. The van der Waals surface area contributed by atoms with Crippen molar-refractivity contribution in [3.8, 4) is 0 Å². The van der Waals surface area contributed by atoms with Crippen LogP contribution in [0.4, 0.5) is 5.82 Å². The van der Waals surface area contributed by atoms with Gasteiger partial charge in [-0.3, -0.25) is 4.79 Å². The first-order chi connectivity index (χ1) is 10.2. The van der Waals surface area contributed by atoms with Crippen LogP contribution in [0.25, 0.3) is 0 Å². The normalized spacial score (nSPS) is 22.8. The predicted molar refractivity (Wildman–Crippen MR) is 84.8 cm³/mol. The molecule has 1 aliphatic carbocycles. The van der Waals surface area contributed by atoms with Crippen molar-refractivity contribution in [3.05, 3.63) is 22.8 Å². The highest BCUT2D eigenvalue weighted by molar-refractivity contribution is 6.29. The maximum atomic E-state index is 12.8. The van der Waals surface area contributed by atoms with E-state index in [9.17, 15) is 4.79 Å². The van der Waals surface area contributed by atoms with Gasteiger partial charge in [-0.25, -0.2) is 4.98 Å². The minimum Gasteiger partial charge on any atom is -0.373 e. The fraction of sp³-hybridized carbons (Fsp3) is 0.625. The minimum absolute atomic E-state index is 0.102. The van der Waals surface area contributed by atoms with Gasteiger partial charge < -0.3 is 10.2 Å². The highest BCUT2D eigenvalue weighted by Gasteiger charge is 2.36. The maximum Gasteiger partial charge on any atom is 0.254 e. The highest BCUT2D eigenvalue weighted by atomic mass is 35.5. The maximum absolute atomic E-state index is 12.8. The summed E-state index contributed by atoms with van der Waals surface area (Å²) in [4.78, 5) is 19.1. The number of anilines is 1. The molecule has 2 heterocycles. The van der Waals surface area contributed by atoms with Gasteiger partial charge in [-0.2, -0.15) is 0 Å². The Morgan fingerprint density at radius 2 is 2.05 bits per heavy atom. The Kier molecular flexibility index (Phi) is 4.34. The molecule has 1 N–H and O–H groups in total. The van der Waals surface area contributed by atoms with Crippen molar-refractivity contribution >= 4 is 23.3 Å². The Morgan fingerprint density at radius 3 is 2.76 bits per heavy atom. The molecule has 3 rings (SSSR count). The van der Waals surface area contributed by atoms with Gasteiger partial charge in [0.15, 0.2) is 0 Å². The number of hydrogen-bond donors (Lipinski definition) is 1. The molecule has 0 spiro atoms. The second kappa shape index (κ2) is 6.22. The van der Waals surface area contributed by atoms with Crippen LogP contribution in [0.5, 0.6) is 0 Å². The van der Waals surface area contributed by atoms with E-state index in [1.54, 1.807) is 19.2 Å². The molecule has 4 nitrogen and oxygen atoms in total.